The minimum atomic E-state index is -1.27. The second-order valence-electron chi connectivity index (χ2n) is 17.7. The van der Waals surface area contributed by atoms with Gasteiger partial charge in [0.25, 0.3) is 0 Å². The zero-order chi connectivity index (χ0) is 41.4. The molecule has 10 heteroatoms. The molecule has 59 heavy (non-hydrogen) atoms. The molecular formula is C49H68N2O8. The van der Waals surface area contributed by atoms with Crippen molar-refractivity contribution in [3.05, 3.63) is 77.4 Å². The molecular weight excluding hydrogens is 745 g/mol. The summed E-state index contributed by atoms with van der Waals surface area (Å²) in [6.07, 6.45) is 18.0. The summed E-state index contributed by atoms with van der Waals surface area (Å²) in [6.45, 7) is 9.39. The lowest BCUT2D eigenvalue weighted by Crippen LogP contribution is -2.69. The summed E-state index contributed by atoms with van der Waals surface area (Å²) in [5, 5.41) is 24.8. The van der Waals surface area contributed by atoms with Gasteiger partial charge in [0, 0.05) is 51.0 Å². The molecule has 1 amide bonds. The van der Waals surface area contributed by atoms with E-state index < -0.39 is 18.1 Å². The van der Waals surface area contributed by atoms with Crippen LogP contribution in [0, 0.1) is 37.5 Å². The summed E-state index contributed by atoms with van der Waals surface area (Å²) >= 11 is 0. The quantitative estimate of drug-likeness (QED) is 0.0818. The topological polar surface area (TPSA) is 119 Å². The molecule has 322 valence electrons. The molecule has 2 aliphatic heterocycles. The van der Waals surface area contributed by atoms with Gasteiger partial charge in [-0.3, -0.25) is 4.79 Å². The van der Waals surface area contributed by atoms with Crippen molar-refractivity contribution >= 4 is 11.6 Å². The van der Waals surface area contributed by atoms with Crippen molar-refractivity contribution in [1.29, 1.82) is 0 Å². The van der Waals surface area contributed by atoms with Gasteiger partial charge in [-0.1, -0.05) is 61.9 Å². The Morgan fingerprint density at radius 3 is 2.42 bits per heavy atom. The number of benzene rings is 2. The van der Waals surface area contributed by atoms with E-state index in [2.05, 4.69) is 44.7 Å². The van der Waals surface area contributed by atoms with Crippen LogP contribution in [0.3, 0.4) is 0 Å². The number of carbonyl (C=O) groups excluding carboxylic acids is 1. The van der Waals surface area contributed by atoms with E-state index in [1.165, 1.54) is 31.2 Å². The van der Waals surface area contributed by atoms with Gasteiger partial charge in [0.1, 0.15) is 23.3 Å². The van der Waals surface area contributed by atoms with E-state index in [-0.39, 0.29) is 49.4 Å². The van der Waals surface area contributed by atoms with Crippen LogP contribution >= 0.6 is 0 Å². The molecule has 2 aromatic rings. The summed E-state index contributed by atoms with van der Waals surface area (Å²) in [6, 6.07) is 11.7. The van der Waals surface area contributed by atoms with Gasteiger partial charge in [0.2, 0.25) is 18.0 Å². The highest BCUT2D eigenvalue weighted by molar-refractivity contribution is 6.03. The molecule has 0 radical (unpaired) electrons. The third-order valence-corrected chi connectivity index (χ3v) is 13.9. The Hall–Kier alpha value is -3.70. The Balaban J connectivity index is 1.38. The number of nitrogens with zero attached hydrogens (tertiary/aromatic N) is 2. The molecule has 2 heterocycles. The zero-order valence-electron chi connectivity index (χ0n) is 35.7. The summed E-state index contributed by atoms with van der Waals surface area (Å²) in [7, 11) is 1.91. The van der Waals surface area contributed by atoms with Crippen molar-refractivity contribution in [1.82, 2.24) is 4.90 Å². The molecule has 0 bridgehead atoms. The van der Waals surface area contributed by atoms with E-state index in [0.29, 0.717) is 37.5 Å². The van der Waals surface area contributed by atoms with Crippen LogP contribution in [0.15, 0.2) is 65.9 Å². The zero-order valence-corrected chi connectivity index (χ0v) is 35.7. The van der Waals surface area contributed by atoms with Crippen LogP contribution in [-0.4, -0.2) is 78.3 Å². The number of aliphatic hydroxyl groups is 2. The van der Waals surface area contributed by atoms with Crippen molar-refractivity contribution in [2.75, 3.05) is 33.5 Å². The van der Waals surface area contributed by atoms with Crippen LogP contribution in [0.5, 0.6) is 17.2 Å². The number of likely N-dealkylation sites (N-methyl/N-ethyl adjacent to an activating group) is 1. The number of fused-ring (bicyclic) bond motifs is 2. The van der Waals surface area contributed by atoms with Gasteiger partial charge in [0.05, 0.1) is 24.8 Å². The number of hydrogen-bond acceptors (Lipinski definition) is 9. The minimum Gasteiger partial charge on any atom is -0.459 e. The number of ether oxygens (including phenoxy) is 4. The van der Waals surface area contributed by atoms with E-state index in [1.54, 1.807) is 6.08 Å². The lowest BCUT2D eigenvalue weighted by atomic mass is 9.55. The first-order valence-electron chi connectivity index (χ1n) is 22.6. The van der Waals surface area contributed by atoms with Crippen molar-refractivity contribution in [2.24, 2.45) is 28.8 Å². The maximum Gasteiger partial charge on any atom is 0.239 e. The number of aryl methyl sites for hydroxylation is 2. The third kappa shape index (κ3) is 9.77. The highest BCUT2D eigenvalue weighted by atomic mass is 16.8. The van der Waals surface area contributed by atoms with Gasteiger partial charge in [-0.25, -0.2) is 0 Å². The number of hydrogen-bond donors (Lipinski definition) is 2. The molecule has 7 atom stereocenters. The average Bonchev–Trinajstić information content (AvgIpc) is 3.78. The van der Waals surface area contributed by atoms with E-state index in [9.17, 15) is 15.0 Å². The predicted molar refractivity (Wildman–Crippen MR) is 230 cm³/mol. The van der Waals surface area contributed by atoms with Crippen molar-refractivity contribution < 1.29 is 38.8 Å². The summed E-state index contributed by atoms with van der Waals surface area (Å²) < 4.78 is 27.0. The first kappa shape index (κ1) is 43.4. The SMILES string of the molecule is C=CCO[C@@]12Oc3ccc(Oc4ccc(C)c(C)c4)cc3[C@H]3[C@H](CCCCO)[C@@H](CCCCO)C=C(C(=NOC4CCCCO4)C[C@@H]1N(C)C(=O)CCC1CCCC1)[C@H]32. The van der Waals surface area contributed by atoms with Crippen LogP contribution in [0.25, 0.3) is 0 Å². The average molecular weight is 813 g/mol. The molecule has 0 spiro atoms. The van der Waals surface area contributed by atoms with Gasteiger partial charge >= 0.3 is 0 Å². The number of unbranched alkanes of at least 4 members (excludes halogenated alkanes) is 2. The monoisotopic (exact) mass is 812 g/mol. The Morgan fingerprint density at radius 1 is 0.949 bits per heavy atom. The third-order valence-electron chi connectivity index (χ3n) is 13.9. The molecule has 5 aliphatic rings. The van der Waals surface area contributed by atoms with Gasteiger partial charge in [-0.15, -0.1) is 6.58 Å². The number of oxime groups is 1. The summed E-state index contributed by atoms with van der Waals surface area (Å²) in [5.41, 5.74) is 5.22. The minimum absolute atomic E-state index is 0.0760. The Labute approximate surface area is 352 Å². The van der Waals surface area contributed by atoms with Crippen LogP contribution in [0.1, 0.15) is 125 Å². The van der Waals surface area contributed by atoms with E-state index in [4.69, 9.17) is 28.9 Å². The fourth-order valence-electron chi connectivity index (χ4n) is 10.6. The number of aliphatic hydroxyl groups excluding tert-OH is 2. The van der Waals surface area contributed by atoms with Gasteiger partial charge < -0.3 is 38.9 Å². The largest absolute Gasteiger partial charge is 0.459 e. The van der Waals surface area contributed by atoms with Crippen LogP contribution in [0.2, 0.25) is 0 Å². The molecule has 1 unspecified atom stereocenters. The molecule has 3 fully saturated rings. The number of rotatable bonds is 19. The van der Waals surface area contributed by atoms with Crippen LogP contribution in [-0.2, 0) is 19.1 Å². The van der Waals surface area contributed by atoms with Crippen LogP contribution in [0.4, 0.5) is 0 Å². The molecule has 1 saturated heterocycles. The molecule has 7 rings (SSSR count). The maximum atomic E-state index is 14.4. The van der Waals surface area contributed by atoms with E-state index >= 15 is 0 Å². The highest BCUT2D eigenvalue weighted by Gasteiger charge is 2.65. The Bertz CT molecular complexity index is 1800. The summed E-state index contributed by atoms with van der Waals surface area (Å²) in [5.74, 6) is 1.39. The number of allylic oxidation sites excluding steroid dienone is 1. The molecule has 2 N–H and O–H groups in total. The number of carbonyl (C=O) groups is 1. The molecule has 10 nitrogen and oxygen atoms in total. The highest BCUT2D eigenvalue weighted by Crippen LogP contribution is 2.62. The van der Waals surface area contributed by atoms with Gasteiger partial charge in [-0.2, -0.15) is 0 Å². The predicted octanol–water partition coefficient (Wildman–Crippen LogP) is 9.68. The Kier molecular flexibility index (Phi) is 14.9. The molecule has 2 aromatic carbocycles. The molecule has 2 saturated carbocycles. The van der Waals surface area contributed by atoms with E-state index in [0.717, 1.165) is 91.7 Å². The second kappa shape index (κ2) is 20.2. The fraction of sp³-hybridized carbons (Fsp3) is 0.633. The van der Waals surface area contributed by atoms with Gasteiger partial charge in [0.15, 0.2) is 0 Å². The number of amides is 1. The summed E-state index contributed by atoms with van der Waals surface area (Å²) in [4.78, 5) is 22.6. The van der Waals surface area contributed by atoms with Crippen molar-refractivity contribution in [2.45, 2.75) is 141 Å². The van der Waals surface area contributed by atoms with Gasteiger partial charge in [-0.05, 0) is 124 Å². The Morgan fingerprint density at radius 2 is 1.69 bits per heavy atom. The maximum absolute atomic E-state index is 14.4. The van der Waals surface area contributed by atoms with E-state index in [1.807, 2.05) is 30.1 Å². The fourth-order valence-corrected chi connectivity index (χ4v) is 10.6. The first-order chi connectivity index (χ1) is 28.8. The normalized spacial score (nSPS) is 28.3. The smallest absolute Gasteiger partial charge is 0.239 e. The second-order valence-corrected chi connectivity index (χ2v) is 17.7. The lowest BCUT2D eigenvalue weighted by Gasteiger charge is -2.59. The molecule has 3 aliphatic carbocycles. The lowest BCUT2D eigenvalue weighted by molar-refractivity contribution is -0.256. The standard InChI is InChI=1S/C49H68N2O8/c1-5-27-56-49-44(51(4)45(54)24-20-35-14-6-7-15-35)32-42(50-59-46-18-10-13-28-55-46)40-30-36(16-8-11-25-52)39(17-9-12-26-53)47(48(40)49)41-31-38(22-23-43(41)58-49)57-37-21-19-33(2)34(3)29-37/h5,19,21-23,29-31,35-36,39,44,46-48,52-53H,1,6-18,20,24-28,32H2,2-4H3/t36-,39+,44-,46?,47+,48+,49+/m0/s1. The van der Waals surface area contributed by atoms with Crippen molar-refractivity contribution in [3.63, 3.8) is 0 Å². The molecule has 0 aromatic heterocycles. The van der Waals surface area contributed by atoms with Crippen molar-refractivity contribution in [3.8, 4) is 17.2 Å². The first-order valence-corrected chi connectivity index (χ1v) is 22.6. The van der Waals surface area contributed by atoms with Crippen LogP contribution < -0.4 is 9.47 Å².